The molecule has 2 atom stereocenters. The lowest BCUT2D eigenvalue weighted by Gasteiger charge is -2.43. The molecule has 1 N–H and O–H groups in total. The van der Waals surface area contributed by atoms with Gasteiger partial charge in [0.25, 0.3) is 0 Å². The number of nitrogens with one attached hydrogen (secondary N) is 1. The van der Waals surface area contributed by atoms with E-state index in [4.69, 9.17) is 0 Å². The number of hydrogen-bond donors (Lipinski definition) is 1. The molecule has 1 saturated heterocycles. The van der Waals surface area contributed by atoms with Crippen molar-refractivity contribution in [1.82, 2.24) is 4.90 Å². The number of piperidine rings is 1. The molecule has 2 aromatic carbocycles. The zero-order valence-corrected chi connectivity index (χ0v) is 19.5. The zero-order chi connectivity index (χ0) is 22.6. The highest BCUT2D eigenvalue weighted by Gasteiger charge is 2.40. The van der Waals surface area contributed by atoms with E-state index in [-0.39, 0.29) is 29.7 Å². The minimum Gasteiger partial charge on any atom is -0.380 e. The third-order valence-electron chi connectivity index (χ3n) is 8.12. The Kier molecular flexibility index (Phi) is 6.91. The Morgan fingerprint density at radius 3 is 2.24 bits per heavy atom. The Morgan fingerprint density at radius 1 is 0.788 bits per heavy atom. The topological polar surface area (TPSA) is 49.4 Å². The van der Waals surface area contributed by atoms with Crippen molar-refractivity contribution in [2.24, 2.45) is 11.8 Å². The lowest BCUT2D eigenvalue weighted by Crippen LogP contribution is -2.57. The number of carbonyl (C=O) groups excluding carboxylic acids is 2. The molecule has 2 aliphatic heterocycles. The number of ketones is 2. The number of carbonyl (C=O) groups is 2. The summed E-state index contributed by atoms with van der Waals surface area (Å²) >= 11 is 0. The van der Waals surface area contributed by atoms with Crippen molar-refractivity contribution >= 4 is 17.3 Å². The molecule has 2 heterocycles. The molecule has 0 radical (unpaired) electrons. The van der Waals surface area contributed by atoms with Gasteiger partial charge in [-0.25, -0.2) is 0 Å². The highest BCUT2D eigenvalue weighted by atomic mass is 16.1. The maximum Gasteiger partial charge on any atom is 0.166 e. The fourth-order valence-corrected chi connectivity index (χ4v) is 6.24. The van der Waals surface area contributed by atoms with Crippen LogP contribution in [0.5, 0.6) is 0 Å². The standard InChI is InChI=1S/C29H36N2O2/c32-28(22-10-3-1-4-11-22)24-17-19-31(20-18-24)27(29(33)23-12-5-2-6-13-23)26-16-15-21-9-7-8-14-25(21)30-26/h1,3-4,7-11,14,23-24,26-27,30H,2,5-6,12-13,15-20H2. The van der Waals surface area contributed by atoms with Gasteiger partial charge in [0.1, 0.15) is 0 Å². The molecule has 0 bridgehead atoms. The number of anilines is 1. The second kappa shape index (κ2) is 10.2. The van der Waals surface area contributed by atoms with Gasteiger partial charge in [0.2, 0.25) is 0 Å². The van der Waals surface area contributed by atoms with Crippen LogP contribution in [0.3, 0.4) is 0 Å². The molecule has 5 rings (SSSR count). The number of benzene rings is 2. The number of likely N-dealkylation sites (tertiary alicyclic amines) is 1. The zero-order valence-electron chi connectivity index (χ0n) is 19.5. The van der Waals surface area contributed by atoms with Crippen LogP contribution < -0.4 is 5.32 Å². The van der Waals surface area contributed by atoms with Crippen molar-refractivity contribution in [2.75, 3.05) is 18.4 Å². The molecular weight excluding hydrogens is 408 g/mol. The van der Waals surface area contributed by atoms with Crippen LogP contribution in [0.1, 0.15) is 67.3 Å². The molecular formula is C29H36N2O2. The molecule has 0 aromatic heterocycles. The van der Waals surface area contributed by atoms with Crippen molar-refractivity contribution in [3.8, 4) is 0 Å². The molecule has 1 saturated carbocycles. The van der Waals surface area contributed by atoms with Crippen molar-refractivity contribution in [3.63, 3.8) is 0 Å². The predicted octanol–water partition coefficient (Wildman–Crippen LogP) is 5.53. The number of aryl methyl sites for hydroxylation is 1. The van der Waals surface area contributed by atoms with Crippen LogP contribution in [0.4, 0.5) is 5.69 Å². The third kappa shape index (κ3) is 4.91. The van der Waals surface area contributed by atoms with Crippen molar-refractivity contribution < 1.29 is 9.59 Å². The maximum atomic E-state index is 13.9. The maximum absolute atomic E-state index is 13.9. The molecule has 0 amide bonds. The summed E-state index contributed by atoms with van der Waals surface area (Å²) in [6, 6.07) is 18.3. The quantitative estimate of drug-likeness (QED) is 0.596. The molecule has 4 nitrogen and oxygen atoms in total. The van der Waals surface area contributed by atoms with E-state index >= 15 is 0 Å². The first-order chi connectivity index (χ1) is 16.2. The first-order valence-corrected chi connectivity index (χ1v) is 12.9. The van der Waals surface area contributed by atoms with Crippen molar-refractivity contribution in [3.05, 3.63) is 65.7 Å². The van der Waals surface area contributed by atoms with Crippen LogP contribution in [-0.2, 0) is 11.2 Å². The van der Waals surface area contributed by atoms with Crippen LogP contribution >= 0.6 is 0 Å². The second-order valence-electron chi connectivity index (χ2n) is 10.2. The van der Waals surface area contributed by atoms with Gasteiger partial charge in [-0.2, -0.15) is 0 Å². The summed E-state index contributed by atoms with van der Waals surface area (Å²) in [5.41, 5.74) is 3.35. The number of nitrogens with zero attached hydrogens (tertiary/aromatic N) is 1. The van der Waals surface area contributed by atoms with E-state index in [1.165, 1.54) is 30.5 Å². The van der Waals surface area contributed by atoms with Gasteiger partial charge in [0, 0.05) is 29.1 Å². The summed E-state index contributed by atoms with van der Waals surface area (Å²) in [4.78, 5) is 29.3. The smallest absolute Gasteiger partial charge is 0.166 e. The van der Waals surface area contributed by atoms with E-state index in [0.717, 1.165) is 57.2 Å². The van der Waals surface area contributed by atoms with Crippen molar-refractivity contribution in [2.45, 2.75) is 69.9 Å². The molecule has 2 aromatic rings. The van der Waals surface area contributed by atoms with Gasteiger partial charge in [-0.05, 0) is 63.2 Å². The third-order valence-corrected chi connectivity index (χ3v) is 8.12. The molecule has 4 heteroatoms. The van der Waals surface area contributed by atoms with Gasteiger partial charge in [0.15, 0.2) is 11.6 Å². The number of hydrogen-bond acceptors (Lipinski definition) is 4. The summed E-state index contributed by atoms with van der Waals surface area (Å²) in [6.45, 7) is 1.65. The molecule has 0 spiro atoms. The largest absolute Gasteiger partial charge is 0.380 e. The van der Waals surface area contributed by atoms with E-state index < -0.39 is 0 Å². The van der Waals surface area contributed by atoms with Crippen LogP contribution in [0, 0.1) is 11.8 Å². The summed E-state index contributed by atoms with van der Waals surface area (Å²) in [5, 5.41) is 3.74. The van der Waals surface area contributed by atoms with Gasteiger partial charge in [-0.3, -0.25) is 14.5 Å². The summed E-state index contributed by atoms with van der Waals surface area (Å²) in [5.74, 6) is 0.968. The number of fused-ring (bicyclic) bond motifs is 1. The highest BCUT2D eigenvalue weighted by Crippen LogP contribution is 2.33. The Labute approximate surface area is 197 Å². The monoisotopic (exact) mass is 444 g/mol. The summed E-state index contributed by atoms with van der Waals surface area (Å²) < 4.78 is 0. The summed E-state index contributed by atoms with van der Waals surface area (Å²) in [7, 11) is 0. The molecule has 2 unspecified atom stereocenters. The highest BCUT2D eigenvalue weighted by molar-refractivity contribution is 5.97. The Bertz CT molecular complexity index is 959. The molecule has 174 valence electrons. The minimum atomic E-state index is -0.0887. The van der Waals surface area contributed by atoms with E-state index in [1.807, 2.05) is 30.3 Å². The minimum absolute atomic E-state index is 0.0640. The number of para-hydroxylation sites is 1. The predicted molar refractivity (Wildman–Crippen MR) is 133 cm³/mol. The van der Waals surface area contributed by atoms with Crippen LogP contribution in [-0.4, -0.2) is 41.6 Å². The molecule has 33 heavy (non-hydrogen) atoms. The van der Waals surface area contributed by atoms with Crippen LogP contribution in [0.2, 0.25) is 0 Å². The number of Topliss-reactive ketones (excluding diaryl/α,β-unsaturated/α-hetero) is 2. The van der Waals surface area contributed by atoms with Crippen LogP contribution in [0.25, 0.3) is 0 Å². The molecule has 3 aliphatic rings. The van der Waals surface area contributed by atoms with Gasteiger partial charge >= 0.3 is 0 Å². The second-order valence-corrected chi connectivity index (χ2v) is 10.2. The van der Waals surface area contributed by atoms with E-state index in [1.54, 1.807) is 0 Å². The Balaban J connectivity index is 1.32. The van der Waals surface area contributed by atoms with Gasteiger partial charge < -0.3 is 5.32 Å². The lowest BCUT2D eigenvalue weighted by molar-refractivity contribution is -0.130. The van der Waals surface area contributed by atoms with Crippen LogP contribution in [0.15, 0.2) is 54.6 Å². The van der Waals surface area contributed by atoms with Gasteiger partial charge in [-0.15, -0.1) is 0 Å². The first-order valence-electron chi connectivity index (χ1n) is 12.9. The van der Waals surface area contributed by atoms with Gasteiger partial charge in [0.05, 0.1) is 6.04 Å². The normalized spacial score (nSPS) is 23.3. The van der Waals surface area contributed by atoms with E-state index in [9.17, 15) is 9.59 Å². The molecule has 1 aliphatic carbocycles. The fraction of sp³-hybridized carbons (Fsp3) is 0.517. The summed E-state index contributed by atoms with van der Waals surface area (Å²) in [6.07, 6.45) is 9.39. The van der Waals surface area contributed by atoms with E-state index in [0.29, 0.717) is 5.78 Å². The number of rotatable bonds is 6. The average Bonchev–Trinajstić information content (AvgIpc) is 2.90. The molecule has 2 fully saturated rings. The van der Waals surface area contributed by atoms with E-state index in [2.05, 4.69) is 34.5 Å². The van der Waals surface area contributed by atoms with Gasteiger partial charge in [-0.1, -0.05) is 67.8 Å². The first kappa shape index (κ1) is 22.3. The fourth-order valence-electron chi connectivity index (χ4n) is 6.24. The van der Waals surface area contributed by atoms with Crippen molar-refractivity contribution in [1.29, 1.82) is 0 Å². The lowest BCUT2D eigenvalue weighted by atomic mass is 9.79. The Hall–Kier alpha value is -2.46. The average molecular weight is 445 g/mol. The SMILES string of the molecule is O=C(c1ccccc1)C1CCN(C(C(=O)C2CCCCC2)C2CCc3ccccc3N2)CC1. The Morgan fingerprint density at radius 2 is 1.48 bits per heavy atom.